The molecule has 2 aliphatic heterocycles. The van der Waals surface area contributed by atoms with E-state index < -0.39 is 0 Å². The standard InChI is InChI=1S/C23H29N3O4/c1-29-22-12-17-9-11-25(15-19(17)13-23(22)30-2)20-7-5-10-24(16-20)14-18-6-3-4-8-21(18)26(27)28/h3-4,6,8,12-13,20H,5,7,9-11,14-16H2,1-2H3. The van der Waals surface area contributed by atoms with Gasteiger partial charge in [-0.2, -0.15) is 0 Å². The zero-order valence-electron chi connectivity index (χ0n) is 17.7. The Morgan fingerprint density at radius 2 is 1.83 bits per heavy atom. The highest BCUT2D eigenvalue weighted by atomic mass is 16.6. The Bertz CT molecular complexity index is 917. The molecule has 2 aromatic carbocycles. The van der Waals surface area contributed by atoms with E-state index in [0.717, 1.165) is 62.5 Å². The Kier molecular flexibility index (Phi) is 6.20. The second kappa shape index (κ2) is 9.02. The van der Waals surface area contributed by atoms with Crippen LogP contribution >= 0.6 is 0 Å². The molecular weight excluding hydrogens is 382 g/mol. The van der Waals surface area contributed by atoms with Gasteiger partial charge in [0, 0.05) is 43.9 Å². The van der Waals surface area contributed by atoms with E-state index in [0.29, 0.717) is 12.6 Å². The summed E-state index contributed by atoms with van der Waals surface area (Å²) in [4.78, 5) is 16.0. The van der Waals surface area contributed by atoms with E-state index in [2.05, 4.69) is 21.9 Å². The van der Waals surface area contributed by atoms with Crippen LogP contribution in [0.1, 0.15) is 29.5 Å². The van der Waals surface area contributed by atoms with Gasteiger partial charge in [-0.25, -0.2) is 0 Å². The van der Waals surface area contributed by atoms with Crippen LogP contribution in [0.5, 0.6) is 11.5 Å². The average molecular weight is 412 g/mol. The molecule has 0 aliphatic carbocycles. The zero-order chi connectivity index (χ0) is 21.1. The molecule has 160 valence electrons. The van der Waals surface area contributed by atoms with Gasteiger partial charge in [0.05, 0.1) is 19.1 Å². The van der Waals surface area contributed by atoms with Crippen LogP contribution in [-0.4, -0.2) is 54.6 Å². The molecule has 0 aromatic heterocycles. The molecule has 1 fully saturated rings. The molecule has 0 saturated carbocycles. The largest absolute Gasteiger partial charge is 0.493 e. The highest BCUT2D eigenvalue weighted by molar-refractivity contribution is 5.48. The molecule has 2 aromatic rings. The number of likely N-dealkylation sites (tertiary alicyclic amines) is 1. The molecule has 1 atom stereocenters. The number of hydrogen-bond donors (Lipinski definition) is 0. The lowest BCUT2D eigenvalue weighted by molar-refractivity contribution is -0.385. The molecule has 7 nitrogen and oxygen atoms in total. The molecule has 0 radical (unpaired) electrons. The van der Waals surface area contributed by atoms with Gasteiger partial charge in [0.25, 0.3) is 5.69 Å². The number of benzene rings is 2. The van der Waals surface area contributed by atoms with Gasteiger partial charge in [0.1, 0.15) is 0 Å². The summed E-state index contributed by atoms with van der Waals surface area (Å²) < 4.78 is 10.9. The topological polar surface area (TPSA) is 68.1 Å². The van der Waals surface area contributed by atoms with Gasteiger partial charge >= 0.3 is 0 Å². The maximum Gasteiger partial charge on any atom is 0.273 e. The number of piperidine rings is 1. The normalized spacial score (nSPS) is 19.9. The van der Waals surface area contributed by atoms with Crippen molar-refractivity contribution in [3.8, 4) is 11.5 Å². The van der Waals surface area contributed by atoms with Gasteiger partial charge in [0.15, 0.2) is 11.5 Å². The minimum Gasteiger partial charge on any atom is -0.493 e. The summed E-state index contributed by atoms with van der Waals surface area (Å²) >= 11 is 0. The summed E-state index contributed by atoms with van der Waals surface area (Å²) in [6.45, 7) is 4.47. The zero-order valence-corrected chi connectivity index (χ0v) is 17.7. The fourth-order valence-corrected chi connectivity index (χ4v) is 4.75. The summed E-state index contributed by atoms with van der Waals surface area (Å²) in [7, 11) is 3.35. The van der Waals surface area contributed by atoms with Crippen LogP contribution in [-0.2, 0) is 19.5 Å². The van der Waals surface area contributed by atoms with Gasteiger partial charge < -0.3 is 9.47 Å². The van der Waals surface area contributed by atoms with E-state index in [1.165, 1.54) is 11.1 Å². The monoisotopic (exact) mass is 411 g/mol. The molecule has 1 unspecified atom stereocenters. The molecule has 0 bridgehead atoms. The molecule has 4 rings (SSSR count). The van der Waals surface area contributed by atoms with E-state index in [9.17, 15) is 10.1 Å². The molecule has 0 N–H and O–H groups in total. The van der Waals surface area contributed by atoms with E-state index >= 15 is 0 Å². The molecule has 1 saturated heterocycles. The Labute approximate surface area is 177 Å². The molecule has 2 aliphatic rings. The van der Waals surface area contributed by atoms with Crippen LogP contribution in [0.2, 0.25) is 0 Å². The van der Waals surface area contributed by atoms with Gasteiger partial charge in [-0.05, 0) is 49.1 Å². The number of ether oxygens (including phenoxy) is 2. The number of methoxy groups -OCH3 is 2. The van der Waals surface area contributed by atoms with Crippen molar-refractivity contribution in [2.75, 3.05) is 33.9 Å². The first-order chi connectivity index (χ1) is 14.6. The van der Waals surface area contributed by atoms with Crippen molar-refractivity contribution in [1.82, 2.24) is 9.80 Å². The molecule has 30 heavy (non-hydrogen) atoms. The quantitative estimate of drug-likeness (QED) is 0.534. The molecule has 0 spiro atoms. The fraction of sp³-hybridized carbons (Fsp3) is 0.478. The Balaban J connectivity index is 1.45. The van der Waals surface area contributed by atoms with Gasteiger partial charge in [-0.15, -0.1) is 0 Å². The van der Waals surface area contributed by atoms with Crippen LogP contribution in [0.15, 0.2) is 36.4 Å². The van der Waals surface area contributed by atoms with Crippen molar-refractivity contribution in [2.24, 2.45) is 0 Å². The van der Waals surface area contributed by atoms with Gasteiger partial charge in [0.2, 0.25) is 0 Å². The van der Waals surface area contributed by atoms with Crippen molar-refractivity contribution >= 4 is 5.69 Å². The van der Waals surface area contributed by atoms with Crippen LogP contribution in [0.3, 0.4) is 0 Å². The van der Waals surface area contributed by atoms with Gasteiger partial charge in [-0.3, -0.25) is 19.9 Å². The maximum absolute atomic E-state index is 11.3. The summed E-state index contributed by atoms with van der Waals surface area (Å²) in [5.74, 6) is 1.57. The number of nitrogens with zero attached hydrogens (tertiary/aromatic N) is 3. The fourth-order valence-electron chi connectivity index (χ4n) is 4.75. The third kappa shape index (κ3) is 4.27. The van der Waals surface area contributed by atoms with E-state index in [-0.39, 0.29) is 10.6 Å². The molecule has 7 heteroatoms. The average Bonchev–Trinajstić information content (AvgIpc) is 2.78. The number of hydrogen-bond acceptors (Lipinski definition) is 6. The second-order valence-corrected chi connectivity index (χ2v) is 8.11. The first-order valence-corrected chi connectivity index (χ1v) is 10.5. The van der Waals surface area contributed by atoms with Crippen molar-refractivity contribution in [3.63, 3.8) is 0 Å². The third-order valence-corrected chi connectivity index (χ3v) is 6.33. The first-order valence-electron chi connectivity index (χ1n) is 10.5. The predicted molar refractivity (Wildman–Crippen MR) is 115 cm³/mol. The molecular formula is C23H29N3O4. The maximum atomic E-state index is 11.3. The van der Waals surface area contributed by atoms with Crippen LogP contribution in [0, 0.1) is 10.1 Å². The lowest BCUT2D eigenvalue weighted by Crippen LogP contribution is -2.49. The van der Waals surface area contributed by atoms with Gasteiger partial charge in [-0.1, -0.05) is 18.2 Å². The third-order valence-electron chi connectivity index (χ3n) is 6.33. The minimum absolute atomic E-state index is 0.215. The molecule has 2 heterocycles. The second-order valence-electron chi connectivity index (χ2n) is 8.11. The van der Waals surface area contributed by atoms with Crippen LogP contribution in [0.4, 0.5) is 5.69 Å². The highest BCUT2D eigenvalue weighted by Gasteiger charge is 2.29. The number of nitro groups is 1. The number of fused-ring (bicyclic) bond motifs is 1. The summed E-state index contributed by atoms with van der Waals surface area (Å²) in [5.41, 5.74) is 3.64. The summed E-state index contributed by atoms with van der Waals surface area (Å²) in [6.07, 6.45) is 3.27. The smallest absolute Gasteiger partial charge is 0.273 e. The Morgan fingerprint density at radius 1 is 1.10 bits per heavy atom. The van der Waals surface area contributed by atoms with E-state index in [1.54, 1.807) is 26.4 Å². The Morgan fingerprint density at radius 3 is 2.57 bits per heavy atom. The minimum atomic E-state index is -0.278. The van der Waals surface area contributed by atoms with E-state index in [1.807, 2.05) is 12.1 Å². The summed E-state index contributed by atoms with van der Waals surface area (Å²) in [6, 6.07) is 11.8. The van der Waals surface area contributed by atoms with Crippen molar-refractivity contribution in [3.05, 3.63) is 63.2 Å². The van der Waals surface area contributed by atoms with Crippen LogP contribution in [0.25, 0.3) is 0 Å². The SMILES string of the molecule is COc1cc2c(cc1OC)CN(C1CCCN(Cc3ccccc3[N+](=O)[O-])C1)CC2. The molecule has 0 amide bonds. The lowest BCUT2D eigenvalue weighted by Gasteiger charge is -2.41. The predicted octanol–water partition coefficient (Wildman–Crippen LogP) is 3.63. The van der Waals surface area contributed by atoms with E-state index in [4.69, 9.17) is 9.47 Å². The highest BCUT2D eigenvalue weighted by Crippen LogP contribution is 2.34. The number of nitro benzene ring substituents is 1. The summed E-state index contributed by atoms with van der Waals surface area (Å²) in [5, 5.41) is 11.3. The van der Waals surface area contributed by atoms with Crippen molar-refractivity contribution < 1.29 is 14.4 Å². The van der Waals surface area contributed by atoms with Crippen molar-refractivity contribution in [2.45, 2.75) is 38.4 Å². The first kappa shape index (κ1) is 20.6. The number of rotatable bonds is 6. The van der Waals surface area contributed by atoms with Crippen LogP contribution < -0.4 is 9.47 Å². The Hall–Kier alpha value is -2.64. The lowest BCUT2D eigenvalue weighted by atomic mass is 9.95. The number of para-hydroxylation sites is 1. The van der Waals surface area contributed by atoms with Crippen molar-refractivity contribution in [1.29, 1.82) is 0 Å².